The first-order valence-corrected chi connectivity index (χ1v) is 11.3. The summed E-state index contributed by atoms with van der Waals surface area (Å²) >= 11 is 1.19. The van der Waals surface area contributed by atoms with Crippen molar-refractivity contribution in [2.24, 2.45) is 0 Å². The highest BCUT2D eigenvalue weighted by molar-refractivity contribution is 7.13. The Balaban J connectivity index is 1.45. The van der Waals surface area contributed by atoms with E-state index in [1.807, 2.05) is 31.2 Å². The van der Waals surface area contributed by atoms with Crippen LogP contribution < -0.4 is 19.5 Å². The van der Waals surface area contributed by atoms with E-state index in [0.717, 1.165) is 11.1 Å². The highest BCUT2D eigenvalue weighted by Gasteiger charge is 2.17. The molecule has 1 amide bonds. The van der Waals surface area contributed by atoms with Crippen molar-refractivity contribution in [1.82, 2.24) is 4.98 Å². The first-order chi connectivity index (χ1) is 16.5. The van der Waals surface area contributed by atoms with Gasteiger partial charge in [-0.25, -0.2) is 9.37 Å². The predicted octanol–water partition coefficient (Wildman–Crippen LogP) is 6.11. The summed E-state index contributed by atoms with van der Waals surface area (Å²) in [6.45, 7) is 2.35. The van der Waals surface area contributed by atoms with Gasteiger partial charge in [0.15, 0.2) is 0 Å². The average Bonchev–Trinajstić information content (AvgIpc) is 3.33. The van der Waals surface area contributed by atoms with Gasteiger partial charge < -0.3 is 19.5 Å². The van der Waals surface area contributed by atoms with Crippen LogP contribution in [-0.2, 0) is 6.61 Å². The summed E-state index contributed by atoms with van der Waals surface area (Å²) in [6.07, 6.45) is 0. The standard InChI is InChI=1S/C26H23FN2O4S/c1-16-5-4-6-17(11-16)14-33-19-7-9-20(21(27)12-19)26-29-23(15-34-26)25(30)28-22-10-8-18(31-2)13-24(22)32-3/h4-13,15H,14H2,1-3H3,(H,28,30). The molecule has 174 valence electrons. The van der Waals surface area contributed by atoms with E-state index in [2.05, 4.69) is 10.3 Å². The number of carbonyl (C=O) groups excluding carboxylic acids is 1. The normalized spacial score (nSPS) is 10.6. The number of rotatable bonds is 8. The Bertz CT molecular complexity index is 1320. The van der Waals surface area contributed by atoms with Crippen LogP contribution >= 0.6 is 11.3 Å². The monoisotopic (exact) mass is 478 g/mol. The summed E-state index contributed by atoms with van der Waals surface area (Å²) in [5.74, 6) is 0.580. The number of benzene rings is 3. The average molecular weight is 479 g/mol. The molecule has 0 atom stereocenters. The molecule has 0 bridgehead atoms. The zero-order chi connectivity index (χ0) is 24.1. The van der Waals surface area contributed by atoms with E-state index < -0.39 is 11.7 Å². The summed E-state index contributed by atoms with van der Waals surface area (Å²) in [7, 11) is 3.05. The van der Waals surface area contributed by atoms with Gasteiger partial charge in [0.1, 0.15) is 40.4 Å². The molecule has 0 unspecified atom stereocenters. The molecule has 1 N–H and O–H groups in total. The van der Waals surface area contributed by atoms with Gasteiger partial charge in [0.2, 0.25) is 0 Å². The van der Waals surface area contributed by atoms with Crippen LogP contribution in [0.15, 0.2) is 66.0 Å². The van der Waals surface area contributed by atoms with E-state index in [9.17, 15) is 9.18 Å². The third-order valence-corrected chi connectivity index (χ3v) is 5.93. The molecule has 6 nitrogen and oxygen atoms in total. The number of carbonyl (C=O) groups is 1. The molecule has 0 radical (unpaired) electrons. The maximum absolute atomic E-state index is 14.8. The second-order valence-corrected chi connectivity index (χ2v) is 8.34. The summed E-state index contributed by atoms with van der Waals surface area (Å²) in [5.41, 5.74) is 3.10. The Morgan fingerprint density at radius 3 is 2.59 bits per heavy atom. The third kappa shape index (κ3) is 5.35. The zero-order valence-electron chi connectivity index (χ0n) is 18.9. The van der Waals surface area contributed by atoms with Crippen molar-refractivity contribution in [1.29, 1.82) is 0 Å². The molecule has 1 heterocycles. The number of amides is 1. The number of hydrogen-bond acceptors (Lipinski definition) is 6. The summed E-state index contributed by atoms with van der Waals surface area (Å²) in [6, 6.07) is 17.6. The quantitative estimate of drug-likeness (QED) is 0.331. The molecule has 0 aliphatic rings. The molecule has 0 aliphatic heterocycles. The molecule has 0 saturated carbocycles. The van der Waals surface area contributed by atoms with Crippen LogP contribution in [0.2, 0.25) is 0 Å². The largest absolute Gasteiger partial charge is 0.497 e. The lowest BCUT2D eigenvalue weighted by Gasteiger charge is -2.10. The first kappa shape index (κ1) is 23.3. The number of thiazole rings is 1. The van der Waals surface area contributed by atoms with Crippen LogP contribution in [-0.4, -0.2) is 25.1 Å². The van der Waals surface area contributed by atoms with Gasteiger partial charge in [0.05, 0.1) is 19.9 Å². The molecule has 34 heavy (non-hydrogen) atoms. The maximum Gasteiger partial charge on any atom is 0.275 e. The Labute approximate surface area is 201 Å². The van der Waals surface area contributed by atoms with Gasteiger partial charge in [-0.2, -0.15) is 0 Å². The van der Waals surface area contributed by atoms with Gasteiger partial charge in [0, 0.05) is 23.1 Å². The van der Waals surface area contributed by atoms with Crippen LogP contribution in [0.25, 0.3) is 10.6 Å². The molecular weight excluding hydrogens is 455 g/mol. The molecule has 4 rings (SSSR count). The van der Waals surface area contributed by atoms with Crippen LogP contribution in [0.4, 0.5) is 10.1 Å². The van der Waals surface area contributed by atoms with Crippen molar-refractivity contribution in [2.45, 2.75) is 13.5 Å². The Hall–Kier alpha value is -3.91. The Morgan fingerprint density at radius 1 is 1.03 bits per heavy atom. The lowest BCUT2D eigenvalue weighted by molar-refractivity contribution is 0.102. The molecule has 4 aromatic rings. The van der Waals surface area contributed by atoms with Gasteiger partial charge >= 0.3 is 0 Å². The van der Waals surface area contributed by atoms with Crippen molar-refractivity contribution >= 4 is 22.9 Å². The molecule has 0 saturated heterocycles. The third-order valence-electron chi connectivity index (χ3n) is 5.05. The molecule has 0 spiro atoms. The minimum atomic E-state index is -0.472. The number of methoxy groups -OCH3 is 2. The summed E-state index contributed by atoms with van der Waals surface area (Å²) in [5, 5.41) is 4.75. The Morgan fingerprint density at radius 2 is 1.85 bits per heavy atom. The summed E-state index contributed by atoms with van der Waals surface area (Å²) in [4.78, 5) is 17.0. The van der Waals surface area contributed by atoms with E-state index in [1.165, 1.54) is 24.5 Å². The molecule has 3 aromatic carbocycles. The number of anilines is 1. The van der Waals surface area contributed by atoms with Gasteiger partial charge in [-0.15, -0.1) is 11.3 Å². The predicted molar refractivity (Wildman–Crippen MR) is 131 cm³/mol. The topological polar surface area (TPSA) is 69.7 Å². The van der Waals surface area contributed by atoms with E-state index in [0.29, 0.717) is 40.1 Å². The van der Waals surface area contributed by atoms with Gasteiger partial charge in [-0.05, 0) is 36.8 Å². The van der Waals surface area contributed by atoms with Crippen molar-refractivity contribution in [3.05, 3.63) is 88.7 Å². The number of hydrogen-bond donors (Lipinski definition) is 1. The summed E-state index contributed by atoms with van der Waals surface area (Å²) < 4.78 is 31.0. The number of halogens is 1. The molecule has 8 heteroatoms. The minimum Gasteiger partial charge on any atom is -0.497 e. The highest BCUT2D eigenvalue weighted by atomic mass is 32.1. The second-order valence-electron chi connectivity index (χ2n) is 7.48. The molecule has 1 aromatic heterocycles. The number of nitrogens with zero attached hydrogens (tertiary/aromatic N) is 1. The van der Waals surface area contributed by atoms with Gasteiger partial charge in [-0.3, -0.25) is 4.79 Å². The molecule has 0 aliphatic carbocycles. The molecular formula is C26H23FN2O4S. The first-order valence-electron chi connectivity index (χ1n) is 10.4. The van der Waals surface area contributed by atoms with Crippen molar-refractivity contribution in [2.75, 3.05) is 19.5 Å². The van der Waals surface area contributed by atoms with Crippen LogP contribution in [0.3, 0.4) is 0 Å². The lowest BCUT2D eigenvalue weighted by atomic mass is 10.1. The van der Waals surface area contributed by atoms with Crippen LogP contribution in [0.1, 0.15) is 21.6 Å². The van der Waals surface area contributed by atoms with E-state index >= 15 is 0 Å². The second kappa shape index (κ2) is 10.4. The van der Waals surface area contributed by atoms with Crippen molar-refractivity contribution < 1.29 is 23.4 Å². The van der Waals surface area contributed by atoms with Crippen LogP contribution in [0, 0.1) is 12.7 Å². The van der Waals surface area contributed by atoms with E-state index in [-0.39, 0.29) is 5.69 Å². The highest BCUT2D eigenvalue weighted by Crippen LogP contribution is 2.31. The lowest BCUT2D eigenvalue weighted by Crippen LogP contribution is -2.13. The zero-order valence-corrected chi connectivity index (χ0v) is 19.7. The van der Waals surface area contributed by atoms with E-state index in [1.54, 1.807) is 42.8 Å². The van der Waals surface area contributed by atoms with Gasteiger partial charge in [0.25, 0.3) is 5.91 Å². The fourth-order valence-electron chi connectivity index (χ4n) is 3.32. The maximum atomic E-state index is 14.8. The van der Waals surface area contributed by atoms with Crippen molar-refractivity contribution in [3.8, 4) is 27.8 Å². The minimum absolute atomic E-state index is 0.178. The number of ether oxygens (including phenoxy) is 3. The number of nitrogens with one attached hydrogen (secondary N) is 1. The number of aromatic nitrogens is 1. The Kier molecular flexibility index (Phi) is 7.08. The smallest absolute Gasteiger partial charge is 0.275 e. The van der Waals surface area contributed by atoms with E-state index in [4.69, 9.17) is 14.2 Å². The fourth-order valence-corrected chi connectivity index (χ4v) is 4.14. The molecule has 0 fully saturated rings. The fraction of sp³-hybridized carbons (Fsp3) is 0.154. The number of aryl methyl sites for hydroxylation is 1. The SMILES string of the molecule is COc1ccc(NC(=O)c2csc(-c3ccc(OCc4cccc(C)c4)cc3F)n2)c(OC)c1. The van der Waals surface area contributed by atoms with Crippen molar-refractivity contribution in [3.63, 3.8) is 0 Å². The van der Waals surface area contributed by atoms with Crippen LogP contribution in [0.5, 0.6) is 17.2 Å². The van der Waals surface area contributed by atoms with Gasteiger partial charge in [-0.1, -0.05) is 29.8 Å².